The van der Waals surface area contributed by atoms with Gasteiger partial charge in [0, 0.05) is 10.8 Å². The van der Waals surface area contributed by atoms with Crippen LogP contribution in [-0.4, -0.2) is 0 Å². The van der Waals surface area contributed by atoms with E-state index in [4.69, 9.17) is 4.42 Å². The molecular weight excluding hydrogens is 400 g/mol. The summed E-state index contributed by atoms with van der Waals surface area (Å²) in [6.45, 7) is 4.29. The maximum Gasteiger partial charge on any atom is 0.136 e. The Hall–Kier alpha value is -4.10. The maximum absolute atomic E-state index is 6.20. The second kappa shape index (κ2) is 6.70. The largest absolute Gasteiger partial charge is 0.456 e. The first kappa shape index (κ1) is 18.5. The molecule has 0 aliphatic rings. The first-order valence-corrected chi connectivity index (χ1v) is 11.4. The van der Waals surface area contributed by atoms with Crippen molar-refractivity contribution in [3.63, 3.8) is 0 Å². The smallest absolute Gasteiger partial charge is 0.136 e. The zero-order valence-corrected chi connectivity index (χ0v) is 18.6. The van der Waals surface area contributed by atoms with Crippen LogP contribution in [0.2, 0.25) is 0 Å². The maximum atomic E-state index is 6.20. The van der Waals surface area contributed by atoms with Gasteiger partial charge in [-0.05, 0) is 87.6 Å². The number of furan rings is 1. The summed E-state index contributed by atoms with van der Waals surface area (Å²) in [5.41, 5.74) is 6.80. The Labute approximate surface area is 191 Å². The van der Waals surface area contributed by atoms with Crippen LogP contribution in [0.3, 0.4) is 0 Å². The van der Waals surface area contributed by atoms with Crippen molar-refractivity contribution in [1.82, 2.24) is 0 Å². The van der Waals surface area contributed by atoms with Crippen LogP contribution >= 0.6 is 0 Å². The van der Waals surface area contributed by atoms with E-state index >= 15 is 0 Å². The van der Waals surface area contributed by atoms with E-state index in [0.29, 0.717) is 0 Å². The molecule has 0 fully saturated rings. The molecule has 7 rings (SSSR count). The van der Waals surface area contributed by atoms with E-state index in [0.717, 1.165) is 11.2 Å². The van der Waals surface area contributed by atoms with Gasteiger partial charge in [0.1, 0.15) is 11.2 Å². The van der Waals surface area contributed by atoms with Crippen molar-refractivity contribution < 1.29 is 4.42 Å². The molecule has 7 aromatic rings. The van der Waals surface area contributed by atoms with E-state index in [9.17, 15) is 0 Å². The summed E-state index contributed by atoms with van der Waals surface area (Å²) in [4.78, 5) is 0. The van der Waals surface area contributed by atoms with Crippen LogP contribution < -0.4 is 0 Å². The van der Waals surface area contributed by atoms with E-state index < -0.39 is 0 Å². The van der Waals surface area contributed by atoms with E-state index in [-0.39, 0.29) is 0 Å². The van der Waals surface area contributed by atoms with Gasteiger partial charge in [0.15, 0.2) is 0 Å². The van der Waals surface area contributed by atoms with Gasteiger partial charge >= 0.3 is 0 Å². The summed E-state index contributed by atoms with van der Waals surface area (Å²) in [5, 5.41) is 10.2. The Bertz CT molecular complexity index is 1860. The van der Waals surface area contributed by atoms with E-state index in [1.165, 1.54) is 65.3 Å². The zero-order chi connectivity index (χ0) is 22.1. The van der Waals surface area contributed by atoms with Gasteiger partial charge in [0.2, 0.25) is 0 Å². The molecule has 0 bridgehead atoms. The van der Waals surface area contributed by atoms with Gasteiger partial charge in [-0.15, -0.1) is 0 Å². The second-order valence-electron chi connectivity index (χ2n) is 9.17. The highest BCUT2D eigenvalue weighted by molar-refractivity contribution is 6.25. The van der Waals surface area contributed by atoms with E-state index in [1.807, 2.05) is 0 Å². The predicted molar refractivity (Wildman–Crippen MR) is 141 cm³/mol. The van der Waals surface area contributed by atoms with Crippen molar-refractivity contribution in [2.45, 2.75) is 13.8 Å². The zero-order valence-electron chi connectivity index (χ0n) is 18.6. The summed E-state index contributed by atoms with van der Waals surface area (Å²) < 4.78 is 6.20. The quantitative estimate of drug-likeness (QED) is 0.240. The average molecular weight is 423 g/mol. The minimum Gasteiger partial charge on any atom is -0.456 e. The standard InChI is InChI=1S/C32H22O/c1-19-7-11-25-26-12-9-21(17-29(26)24-6-4-3-5-23(24)28(25)15-19)22-10-13-27-30-16-20(2)8-14-31(30)33-32(27)18-22/h3-18H,1-2H3. The van der Waals surface area contributed by atoms with Crippen molar-refractivity contribution in [2.24, 2.45) is 0 Å². The molecule has 1 aromatic heterocycles. The first-order valence-electron chi connectivity index (χ1n) is 11.4. The highest BCUT2D eigenvalue weighted by Crippen LogP contribution is 2.38. The van der Waals surface area contributed by atoms with Crippen molar-refractivity contribution in [3.8, 4) is 11.1 Å². The van der Waals surface area contributed by atoms with Crippen LogP contribution in [0, 0.1) is 13.8 Å². The van der Waals surface area contributed by atoms with Crippen LogP contribution in [0.25, 0.3) is 65.4 Å². The van der Waals surface area contributed by atoms with Crippen LogP contribution in [0.5, 0.6) is 0 Å². The fraction of sp³-hybridized carbons (Fsp3) is 0.0625. The predicted octanol–water partition coefficient (Wildman–Crippen LogP) is 9.33. The average Bonchev–Trinajstić information content (AvgIpc) is 3.21. The molecule has 0 atom stereocenters. The normalized spacial score (nSPS) is 11.9. The van der Waals surface area contributed by atoms with Crippen molar-refractivity contribution in [1.29, 1.82) is 0 Å². The van der Waals surface area contributed by atoms with Crippen LogP contribution in [0.1, 0.15) is 11.1 Å². The first-order chi connectivity index (χ1) is 16.2. The number of hydrogen-bond donors (Lipinski definition) is 0. The molecule has 33 heavy (non-hydrogen) atoms. The number of rotatable bonds is 1. The van der Waals surface area contributed by atoms with Gasteiger partial charge in [0.25, 0.3) is 0 Å². The minimum atomic E-state index is 0.937. The van der Waals surface area contributed by atoms with Crippen LogP contribution in [0.4, 0.5) is 0 Å². The molecule has 0 aliphatic carbocycles. The molecule has 0 spiro atoms. The SMILES string of the molecule is Cc1ccc2oc3cc(-c4ccc5c6ccc(C)cc6c6ccccc6c5c4)ccc3c2c1. The lowest BCUT2D eigenvalue weighted by Gasteiger charge is -2.12. The Morgan fingerprint density at radius 1 is 0.394 bits per heavy atom. The third kappa shape index (κ3) is 2.72. The van der Waals surface area contributed by atoms with Gasteiger partial charge in [0.05, 0.1) is 0 Å². The van der Waals surface area contributed by atoms with Gasteiger partial charge < -0.3 is 4.42 Å². The lowest BCUT2D eigenvalue weighted by atomic mass is 9.91. The molecule has 0 aliphatic heterocycles. The fourth-order valence-corrected chi connectivity index (χ4v) is 5.32. The molecule has 0 saturated heterocycles. The monoisotopic (exact) mass is 422 g/mol. The molecule has 0 amide bonds. The number of benzene rings is 6. The molecular formula is C32H22O. The summed E-state index contributed by atoms with van der Waals surface area (Å²) in [6.07, 6.45) is 0. The van der Waals surface area contributed by atoms with Crippen LogP contribution in [-0.2, 0) is 0 Å². The third-order valence-corrected chi connectivity index (χ3v) is 6.95. The Morgan fingerprint density at radius 2 is 0.939 bits per heavy atom. The van der Waals surface area contributed by atoms with Gasteiger partial charge in [-0.3, -0.25) is 0 Å². The molecule has 0 unspecified atom stereocenters. The summed E-state index contributed by atoms with van der Waals surface area (Å²) >= 11 is 0. The van der Waals surface area contributed by atoms with E-state index in [2.05, 4.69) is 111 Å². The fourth-order valence-electron chi connectivity index (χ4n) is 5.32. The molecule has 1 heterocycles. The summed E-state index contributed by atoms with van der Waals surface area (Å²) in [7, 11) is 0. The molecule has 1 heteroatoms. The molecule has 6 aromatic carbocycles. The van der Waals surface area contributed by atoms with Gasteiger partial charge in [-0.1, -0.05) is 77.9 Å². The van der Waals surface area contributed by atoms with Crippen LogP contribution in [0.15, 0.2) is 101 Å². The van der Waals surface area contributed by atoms with Gasteiger partial charge in [-0.25, -0.2) is 0 Å². The van der Waals surface area contributed by atoms with Crippen molar-refractivity contribution >= 4 is 54.3 Å². The molecule has 1 nitrogen and oxygen atoms in total. The Kier molecular flexibility index (Phi) is 3.75. The lowest BCUT2D eigenvalue weighted by Crippen LogP contribution is -1.86. The third-order valence-electron chi connectivity index (χ3n) is 6.95. The lowest BCUT2D eigenvalue weighted by molar-refractivity contribution is 0.669. The van der Waals surface area contributed by atoms with E-state index in [1.54, 1.807) is 0 Å². The molecule has 156 valence electrons. The van der Waals surface area contributed by atoms with Crippen molar-refractivity contribution in [2.75, 3.05) is 0 Å². The highest BCUT2D eigenvalue weighted by Gasteiger charge is 2.12. The Morgan fingerprint density at radius 3 is 1.70 bits per heavy atom. The highest BCUT2D eigenvalue weighted by atomic mass is 16.3. The summed E-state index contributed by atoms with van der Waals surface area (Å²) in [6, 6.07) is 35.4. The topological polar surface area (TPSA) is 13.1 Å². The number of fused-ring (bicyclic) bond motifs is 9. The number of aryl methyl sites for hydroxylation is 2. The number of hydrogen-bond acceptors (Lipinski definition) is 1. The molecule has 0 saturated carbocycles. The molecule has 0 N–H and O–H groups in total. The summed E-state index contributed by atoms with van der Waals surface area (Å²) in [5.74, 6) is 0. The van der Waals surface area contributed by atoms with Gasteiger partial charge in [-0.2, -0.15) is 0 Å². The Balaban J connectivity index is 1.50. The molecule has 0 radical (unpaired) electrons. The van der Waals surface area contributed by atoms with Crippen molar-refractivity contribution in [3.05, 3.63) is 108 Å². The minimum absolute atomic E-state index is 0.937. The second-order valence-corrected chi connectivity index (χ2v) is 9.17.